The summed E-state index contributed by atoms with van der Waals surface area (Å²) in [5.74, 6) is 0.582. The van der Waals surface area contributed by atoms with Gasteiger partial charge >= 0.3 is 0 Å². The Labute approximate surface area is 130 Å². The van der Waals surface area contributed by atoms with Crippen LogP contribution in [-0.4, -0.2) is 49.6 Å². The highest BCUT2D eigenvalue weighted by molar-refractivity contribution is 5.26. The summed E-state index contributed by atoms with van der Waals surface area (Å²) in [4.78, 5) is 4.85. The Hall–Kier alpha value is -0.900. The molecular formula is C18H31N3. The summed E-state index contributed by atoms with van der Waals surface area (Å²) >= 11 is 0. The SMILES string of the molecule is CC(C)c1ccc(C(N)CN2CCCC2CN(C)C)cc1. The Bertz CT molecular complexity index is 425. The average Bonchev–Trinajstić information content (AvgIpc) is 2.85. The standard InChI is InChI=1S/C18H31N3/c1-14(2)15-7-9-16(10-8-15)18(19)13-21-11-5-6-17(21)12-20(3)4/h7-10,14,17-18H,5-6,11-13,19H2,1-4H3. The summed E-state index contributed by atoms with van der Waals surface area (Å²) < 4.78 is 0. The van der Waals surface area contributed by atoms with Crippen LogP contribution in [0.3, 0.4) is 0 Å². The first-order valence-corrected chi connectivity index (χ1v) is 8.21. The number of rotatable bonds is 6. The molecule has 0 spiro atoms. The molecule has 2 N–H and O–H groups in total. The molecule has 1 aromatic rings. The van der Waals surface area contributed by atoms with E-state index in [0.717, 1.165) is 13.1 Å². The molecule has 0 aromatic heterocycles. The van der Waals surface area contributed by atoms with Crippen molar-refractivity contribution in [1.82, 2.24) is 9.80 Å². The van der Waals surface area contributed by atoms with E-state index in [-0.39, 0.29) is 6.04 Å². The van der Waals surface area contributed by atoms with Gasteiger partial charge in [-0.3, -0.25) is 4.90 Å². The van der Waals surface area contributed by atoms with Gasteiger partial charge in [0.1, 0.15) is 0 Å². The number of nitrogens with zero attached hydrogens (tertiary/aromatic N) is 2. The highest BCUT2D eigenvalue weighted by atomic mass is 15.2. The van der Waals surface area contributed by atoms with Gasteiger partial charge in [0.25, 0.3) is 0 Å². The first-order chi connectivity index (χ1) is 9.97. The van der Waals surface area contributed by atoms with Crippen LogP contribution in [0.15, 0.2) is 24.3 Å². The highest BCUT2D eigenvalue weighted by Crippen LogP contribution is 2.22. The molecule has 0 radical (unpaired) electrons. The lowest BCUT2D eigenvalue weighted by Crippen LogP contribution is -2.41. The summed E-state index contributed by atoms with van der Waals surface area (Å²) in [6.07, 6.45) is 2.61. The first kappa shape index (κ1) is 16.5. The molecule has 1 heterocycles. The van der Waals surface area contributed by atoms with Crippen LogP contribution in [0.25, 0.3) is 0 Å². The van der Waals surface area contributed by atoms with Gasteiger partial charge in [-0.25, -0.2) is 0 Å². The lowest BCUT2D eigenvalue weighted by molar-refractivity contribution is 0.198. The molecule has 21 heavy (non-hydrogen) atoms. The van der Waals surface area contributed by atoms with Crippen molar-refractivity contribution in [1.29, 1.82) is 0 Å². The minimum Gasteiger partial charge on any atom is -0.323 e. The second-order valence-electron chi connectivity index (χ2n) is 6.98. The number of hydrogen-bond donors (Lipinski definition) is 1. The van der Waals surface area contributed by atoms with Crippen LogP contribution < -0.4 is 5.73 Å². The quantitative estimate of drug-likeness (QED) is 0.874. The topological polar surface area (TPSA) is 32.5 Å². The Morgan fingerprint density at radius 1 is 1.19 bits per heavy atom. The summed E-state index contributed by atoms with van der Waals surface area (Å²) in [5.41, 5.74) is 9.08. The number of hydrogen-bond acceptors (Lipinski definition) is 3. The molecule has 1 aliphatic rings. The molecule has 1 saturated heterocycles. The van der Waals surface area contributed by atoms with Gasteiger partial charge in [0.05, 0.1) is 0 Å². The molecule has 1 aromatic carbocycles. The van der Waals surface area contributed by atoms with E-state index >= 15 is 0 Å². The lowest BCUT2D eigenvalue weighted by Gasteiger charge is -2.29. The Morgan fingerprint density at radius 2 is 1.81 bits per heavy atom. The normalized spacial score (nSPS) is 21.4. The third-order valence-corrected chi connectivity index (χ3v) is 4.54. The van der Waals surface area contributed by atoms with Crippen LogP contribution in [-0.2, 0) is 0 Å². The van der Waals surface area contributed by atoms with Crippen molar-refractivity contribution < 1.29 is 0 Å². The Morgan fingerprint density at radius 3 is 2.38 bits per heavy atom. The van der Waals surface area contributed by atoms with Gasteiger partial charge in [0.2, 0.25) is 0 Å². The zero-order valence-corrected chi connectivity index (χ0v) is 14.0. The van der Waals surface area contributed by atoms with E-state index in [2.05, 4.69) is 62.0 Å². The smallest absolute Gasteiger partial charge is 0.0424 e. The van der Waals surface area contributed by atoms with E-state index in [9.17, 15) is 0 Å². The van der Waals surface area contributed by atoms with Gasteiger partial charge < -0.3 is 10.6 Å². The summed E-state index contributed by atoms with van der Waals surface area (Å²) in [5, 5.41) is 0. The van der Waals surface area contributed by atoms with Crippen LogP contribution in [0.4, 0.5) is 0 Å². The van der Waals surface area contributed by atoms with Crippen LogP contribution in [0, 0.1) is 0 Å². The maximum absolute atomic E-state index is 6.44. The third kappa shape index (κ3) is 4.53. The van der Waals surface area contributed by atoms with Crippen molar-refractivity contribution >= 4 is 0 Å². The highest BCUT2D eigenvalue weighted by Gasteiger charge is 2.26. The molecule has 2 unspecified atom stereocenters. The van der Waals surface area contributed by atoms with Crippen LogP contribution in [0.1, 0.15) is 49.8 Å². The second-order valence-corrected chi connectivity index (χ2v) is 6.98. The zero-order valence-electron chi connectivity index (χ0n) is 14.0. The fourth-order valence-corrected chi connectivity index (χ4v) is 3.25. The molecule has 0 aliphatic carbocycles. The average molecular weight is 289 g/mol. The monoisotopic (exact) mass is 289 g/mol. The minimum atomic E-state index is 0.119. The fourth-order valence-electron chi connectivity index (χ4n) is 3.25. The van der Waals surface area contributed by atoms with Crippen LogP contribution in [0.5, 0.6) is 0 Å². The Kier molecular flexibility index (Phi) is 5.80. The van der Waals surface area contributed by atoms with Gasteiger partial charge in [-0.2, -0.15) is 0 Å². The molecule has 2 rings (SSSR count). The van der Waals surface area contributed by atoms with Crippen LogP contribution >= 0.6 is 0 Å². The van der Waals surface area contributed by atoms with Crippen LogP contribution in [0.2, 0.25) is 0 Å². The van der Waals surface area contributed by atoms with Crippen molar-refractivity contribution in [2.45, 2.75) is 44.7 Å². The number of likely N-dealkylation sites (tertiary alicyclic amines) is 1. The largest absolute Gasteiger partial charge is 0.323 e. The van der Waals surface area contributed by atoms with Crippen molar-refractivity contribution in [3.05, 3.63) is 35.4 Å². The molecule has 118 valence electrons. The second kappa shape index (κ2) is 7.39. The molecule has 0 bridgehead atoms. The van der Waals surface area contributed by atoms with Gasteiger partial charge in [-0.1, -0.05) is 38.1 Å². The maximum Gasteiger partial charge on any atom is 0.0424 e. The van der Waals surface area contributed by atoms with Gasteiger partial charge in [0.15, 0.2) is 0 Å². The molecule has 1 aliphatic heterocycles. The van der Waals surface area contributed by atoms with Crippen molar-refractivity contribution in [3.63, 3.8) is 0 Å². The van der Waals surface area contributed by atoms with E-state index in [1.165, 1.54) is 30.5 Å². The van der Waals surface area contributed by atoms with E-state index in [1.807, 2.05) is 0 Å². The predicted molar refractivity (Wildman–Crippen MR) is 90.6 cm³/mol. The Balaban J connectivity index is 1.95. The molecule has 2 atom stereocenters. The van der Waals surface area contributed by atoms with Crippen molar-refractivity contribution in [2.75, 3.05) is 33.7 Å². The molecule has 3 heteroatoms. The maximum atomic E-state index is 6.44. The van der Waals surface area contributed by atoms with Gasteiger partial charge in [-0.05, 0) is 50.5 Å². The molecule has 3 nitrogen and oxygen atoms in total. The number of likely N-dealkylation sites (N-methyl/N-ethyl adjacent to an activating group) is 1. The minimum absolute atomic E-state index is 0.119. The first-order valence-electron chi connectivity index (χ1n) is 8.21. The van der Waals surface area contributed by atoms with E-state index in [0.29, 0.717) is 12.0 Å². The van der Waals surface area contributed by atoms with Gasteiger partial charge in [-0.15, -0.1) is 0 Å². The molecule has 1 fully saturated rings. The number of nitrogens with two attached hydrogens (primary N) is 1. The zero-order chi connectivity index (χ0) is 15.4. The van der Waals surface area contributed by atoms with E-state index in [4.69, 9.17) is 5.73 Å². The third-order valence-electron chi connectivity index (χ3n) is 4.54. The number of benzene rings is 1. The van der Waals surface area contributed by atoms with Crippen molar-refractivity contribution in [3.8, 4) is 0 Å². The predicted octanol–water partition coefficient (Wildman–Crippen LogP) is 2.84. The van der Waals surface area contributed by atoms with Gasteiger partial charge in [0, 0.05) is 25.2 Å². The van der Waals surface area contributed by atoms with Crippen molar-refractivity contribution in [2.24, 2.45) is 5.73 Å². The molecule has 0 saturated carbocycles. The summed E-state index contributed by atoms with van der Waals surface area (Å²) in [6.45, 7) is 7.75. The molecule has 0 amide bonds. The summed E-state index contributed by atoms with van der Waals surface area (Å²) in [6, 6.07) is 9.64. The van der Waals surface area contributed by atoms with E-state index in [1.54, 1.807) is 0 Å². The summed E-state index contributed by atoms with van der Waals surface area (Å²) in [7, 11) is 4.31. The lowest BCUT2D eigenvalue weighted by atomic mass is 9.99. The van der Waals surface area contributed by atoms with E-state index < -0.39 is 0 Å². The fraction of sp³-hybridized carbons (Fsp3) is 0.667. The molecular weight excluding hydrogens is 258 g/mol.